The second-order valence-electron chi connectivity index (χ2n) is 2.93. The summed E-state index contributed by atoms with van der Waals surface area (Å²) >= 11 is 6.05. The van der Waals surface area contributed by atoms with Crippen LogP contribution in [0.5, 0.6) is 0 Å². The lowest BCUT2D eigenvalue weighted by molar-refractivity contribution is 0.919. The van der Waals surface area contributed by atoms with E-state index in [0.29, 0.717) is 17.3 Å². The molecule has 2 N–H and O–H groups in total. The van der Waals surface area contributed by atoms with Crippen molar-refractivity contribution in [3.8, 4) is 12.3 Å². The van der Waals surface area contributed by atoms with E-state index in [2.05, 4.69) is 5.92 Å². The number of nitrogen functional groups attached to an aromatic ring is 1. The van der Waals surface area contributed by atoms with Crippen LogP contribution in [0.3, 0.4) is 0 Å². The van der Waals surface area contributed by atoms with Crippen molar-refractivity contribution in [2.45, 2.75) is 6.92 Å². The largest absolute Gasteiger partial charge is 0.399 e. The van der Waals surface area contributed by atoms with E-state index in [0.717, 1.165) is 12.2 Å². The quantitative estimate of drug-likeness (QED) is 0.611. The highest BCUT2D eigenvalue weighted by Gasteiger charge is 2.06. The molecule has 1 aromatic carbocycles. The first-order valence-corrected chi connectivity index (χ1v) is 4.80. The highest BCUT2D eigenvalue weighted by Crippen LogP contribution is 2.27. The number of anilines is 2. The average Bonchev–Trinajstić information content (AvgIpc) is 2.15. The molecule has 0 saturated heterocycles. The van der Waals surface area contributed by atoms with Crippen LogP contribution in [0.4, 0.5) is 11.4 Å². The Morgan fingerprint density at radius 1 is 1.57 bits per heavy atom. The van der Waals surface area contributed by atoms with Gasteiger partial charge in [-0.2, -0.15) is 0 Å². The molecule has 0 bridgehead atoms. The van der Waals surface area contributed by atoms with Gasteiger partial charge in [-0.1, -0.05) is 17.5 Å². The van der Waals surface area contributed by atoms with Gasteiger partial charge in [0.25, 0.3) is 0 Å². The molecule has 0 aromatic heterocycles. The minimum absolute atomic E-state index is 0.556. The van der Waals surface area contributed by atoms with Gasteiger partial charge in [-0.3, -0.25) is 0 Å². The zero-order valence-corrected chi connectivity index (χ0v) is 8.88. The standard InChI is InChI=1S/C11H13ClN2/c1-3-7-14(4-2)11-6-5-9(13)8-10(11)12/h1,5-6,8H,4,7,13H2,2H3. The van der Waals surface area contributed by atoms with Crippen LogP contribution in [0.2, 0.25) is 5.02 Å². The summed E-state index contributed by atoms with van der Waals surface area (Å²) in [5.41, 5.74) is 7.19. The van der Waals surface area contributed by atoms with E-state index in [1.807, 2.05) is 24.0 Å². The average molecular weight is 209 g/mol. The van der Waals surface area contributed by atoms with E-state index in [4.69, 9.17) is 23.8 Å². The van der Waals surface area contributed by atoms with Gasteiger partial charge in [-0.05, 0) is 25.1 Å². The third-order valence-corrected chi connectivity index (χ3v) is 2.28. The van der Waals surface area contributed by atoms with Gasteiger partial charge in [-0.25, -0.2) is 0 Å². The summed E-state index contributed by atoms with van der Waals surface area (Å²) in [6.45, 7) is 3.41. The molecule has 0 spiro atoms. The first-order valence-electron chi connectivity index (χ1n) is 4.42. The third-order valence-electron chi connectivity index (χ3n) is 1.98. The molecule has 0 radical (unpaired) electrons. The zero-order valence-electron chi connectivity index (χ0n) is 8.13. The lowest BCUT2D eigenvalue weighted by Gasteiger charge is -2.21. The highest BCUT2D eigenvalue weighted by atomic mass is 35.5. The van der Waals surface area contributed by atoms with E-state index in [9.17, 15) is 0 Å². The normalized spacial score (nSPS) is 9.50. The molecule has 74 valence electrons. The van der Waals surface area contributed by atoms with Crippen molar-refractivity contribution in [3.05, 3.63) is 23.2 Å². The van der Waals surface area contributed by atoms with Crippen molar-refractivity contribution < 1.29 is 0 Å². The Labute approximate surface area is 89.7 Å². The third kappa shape index (κ3) is 2.34. The molecular formula is C11H13ClN2. The molecule has 0 heterocycles. The van der Waals surface area contributed by atoms with Gasteiger partial charge in [0.15, 0.2) is 0 Å². The number of halogens is 1. The molecule has 1 rings (SSSR count). The van der Waals surface area contributed by atoms with Crippen molar-refractivity contribution in [3.63, 3.8) is 0 Å². The fourth-order valence-corrected chi connectivity index (χ4v) is 1.57. The van der Waals surface area contributed by atoms with E-state index >= 15 is 0 Å². The van der Waals surface area contributed by atoms with Gasteiger partial charge in [-0.15, -0.1) is 6.42 Å². The summed E-state index contributed by atoms with van der Waals surface area (Å²) in [5.74, 6) is 2.60. The first-order chi connectivity index (χ1) is 6.69. The van der Waals surface area contributed by atoms with Crippen LogP contribution in [-0.4, -0.2) is 13.1 Å². The Kier molecular flexibility index (Phi) is 3.67. The fourth-order valence-electron chi connectivity index (χ4n) is 1.26. The smallest absolute Gasteiger partial charge is 0.0792 e. The number of hydrogen-bond donors (Lipinski definition) is 1. The van der Waals surface area contributed by atoms with Gasteiger partial charge < -0.3 is 10.6 Å². The van der Waals surface area contributed by atoms with Crippen LogP contribution in [0.25, 0.3) is 0 Å². The SMILES string of the molecule is C#CCN(CC)c1ccc(N)cc1Cl. The first kappa shape index (κ1) is 10.7. The second kappa shape index (κ2) is 4.78. The van der Waals surface area contributed by atoms with Crippen LogP contribution >= 0.6 is 11.6 Å². The number of nitrogens with two attached hydrogens (primary N) is 1. The summed E-state index contributed by atoms with van der Waals surface area (Å²) in [4.78, 5) is 2.02. The predicted octanol–water partition coefficient (Wildman–Crippen LogP) is 2.38. The maximum Gasteiger partial charge on any atom is 0.0792 e. The molecule has 3 heteroatoms. The molecule has 0 aliphatic carbocycles. The van der Waals surface area contributed by atoms with Gasteiger partial charge in [0.2, 0.25) is 0 Å². The Hall–Kier alpha value is -1.33. The van der Waals surface area contributed by atoms with Crippen molar-refractivity contribution in [1.82, 2.24) is 0 Å². The summed E-state index contributed by atoms with van der Waals surface area (Å²) in [6, 6.07) is 5.44. The Balaban J connectivity index is 2.99. The fraction of sp³-hybridized carbons (Fsp3) is 0.273. The second-order valence-corrected chi connectivity index (χ2v) is 3.34. The molecular weight excluding hydrogens is 196 g/mol. The number of rotatable bonds is 3. The summed E-state index contributed by atoms with van der Waals surface area (Å²) in [7, 11) is 0. The molecule has 0 amide bonds. The van der Waals surface area contributed by atoms with Crippen molar-refractivity contribution >= 4 is 23.0 Å². The van der Waals surface area contributed by atoms with Crippen LogP contribution in [-0.2, 0) is 0 Å². The van der Waals surface area contributed by atoms with Crippen LogP contribution < -0.4 is 10.6 Å². The summed E-state index contributed by atoms with van der Waals surface area (Å²) < 4.78 is 0. The minimum Gasteiger partial charge on any atom is -0.399 e. The van der Waals surface area contributed by atoms with Crippen molar-refractivity contribution in [2.24, 2.45) is 0 Å². The maximum absolute atomic E-state index is 6.05. The van der Waals surface area contributed by atoms with Gasteiger partial charge in [0, 0.05) is 12.2 Å². The van der Waals surface area contributed by atoms with E-state index in [1.165, 1.54) is 0 Å². The van der Waals surface area contributed by atoms with Crippen LogP contribution in [0, 0.1) is 12.3 Å². The van der Waals surface area contributed by atoms with E-state index < -0.39 is 0 Å². The van der Waals surface area contributed by atoms with Gasteiger partial charge in [0.05, 0.1) is 17.3 Å². The molecule has 14 heavy (non-hydrogen) atoms. The molecule has 0 unspecified atom stereocenters. The molecule has 0 fully saturated rings. The number of benzene rings is 1. The molecule has 0 saturated carbocycles. The molecule has 0 atom stereocenters. The van der Waals surface area contributed by atoms with E-state index in [1.54, 1.807) is 6.07 Å². The summed E-state index contributed by atoms with van der Waals surface area (Å²) in [6.07, 6.45) is 5.26. The van der Waals surface area contributed by atoms with E-state index in [-0.39, 0.29) is 0 Å². The minimum atomic E-state index is 0.556. The maximum atomic E-state index is 6.05. The Bertz CT molecular complexity index is 355. The highest BCUT2D eigenvalue weighted by molar-refractivity contribution is 6.33. The number of nitrogens with zero attached hydrogens (tertiary/aromatic N) is 1. The van der Waals surface area contributed by atoms with Gasteiger partial charge >= 0.3 is 0 Å². The predicted molar refractivity (Wildman–Crippen MR) is 62.6 cm³/mol. The molecule has 0 aliphatic heterocycles. The monoisotopic (exact) mass is 208 g/mol. The number of terminal acetylenes is 1. The Morgan fingerprint density at radius 2 is 2.29 bits per heavy atom. The lowest BCUT2D eigenvalue weighted by Crippen LogP contribution is -2.23. The Morgan fingerprint density at radius 3 is 2.79 bits per heavy atom. The zero-order chi connectivity index (χ0) is 10.6. The lowest BCUT2D eigenvalue weighted by atomic mass is 10.2. The molecule has 0 aliphatic rings. The number of hydrogen-bond acceptors (Lipinski definition) is 2. The molecule has 2 nitrogen and oxygen atoms in total. The van der Waals surface area contributed by atoms with Crippen LogP contribution in [0.15, 0.2) is 18.2 Å². The van der Waals surface area contributed by atoms with Crippen LogP contribution in [0.1, 0.15) is 6.92 Å². The summed E-state index contributed by atoms with van der Waals surface area (Å²) in [5, 5.41) is 0.641. The topological polar surface area (TPSA) is 29.3 Å². The molecule has 1 aromatic rings. The van der Waals surface area contributed by atoms with Crippen molar-refractivity contribution in [2.75, 3.05) is 23.7 Å². The van der Waals surface area contributed by atoms with Crippen molar-refractivity contribution in [1.29, 1.82) is 0 Å². The van der Waals surface area contributed by atoms with Gasteiger partial charge in [0.1, 0.15) is 0 Å².